The predicted molar refractivity (Wildman–Crippen MR) is 144 cm³/mol. The molecule has 0 bridgehead atoms. The number of rotatable bonds is 8. The van der Waals surface area contributed by atoms with E-state index < -0.39 is 22.5 Å². The lowest BCUT2D eigenvalue weighted by Crippen LogP contribution is -2.48. The Morgan fingerprint density at radius 2 is 1.62 bits per heavy atom. The lowest BCUT2D eigenvalue weighted by Gasteiger charge is -2.41. The summed E-state index contributed by atoms with van der Waals surface area (Å²) in [5.74, 6) is 3.36. The first-order chi connectivity index (χ1) is 14.9. The number of hydrogen-bond donors (Lipinski definition) is 1. The van der Waals surface area contributed by atoms with E-state index >= 15 is 0 Å². The highest BCUT2D eigenvalue weighted by Gasteiger charge is 2.41. The number of hydrogen-bond acceptors (Lipinski definition) is 3. The van der Waals surface area contributed by atoms with Gasteiger partial charge >= 0.3 is 0 Å². The molecule has 0 aromatic rings. The van der Waals surface area contributed by atoms with Crippen LogP contribution in [0.25, 0.3) is 0 Å². The van der Waals surface area contributed by atoms with Crippen molar-refractivity contribution in [3.05, 3.63) is 24.3 Å². The van der Waals surface area contributed by atoms with Crippen LogP contribution in [0, 0.1) is 11.5 Å². The molecule has 0 aromatic carbocycles. The van der Waals surface area contributed by atoms with Crippen LogP contribution < -0.4 is 0 Å². The smallest absolute Gasteiger partial charge is 0.192 e. The normalized spacial score (nSPS) is 26.7. The Labute approximate surface area is 201 Å². The monoisotopic (exact) mass is 478 g/mol. The molecule has 5 heteroatoms. The molecule has 0 saturated heterocycles. The Balaban J connectivity index is 3.12. The molecule has 0 aromatic heterocycles. The Morgan fingerprint density at radius 1 is 1.03 bits per heavy atom. The average Bonchev–Trinajstić information content (AvgIpc) is 2.80. The quantitative estimate of drug-likeness (QED) is 0.227. The Bertz CT molecular complexity index is 654. The van der Waals surface area contributed by atoms with Gasteiger partial charge in [0.25, 0.3) is 0 Å². The van der Waals surface area contributed by atoms with Crippen LogP contribution in [-0.4, -0.2) is 45.9 Å². The summed E-state index contributed by atoms with van der Waals surface area (Å²) in [4.78, 5) is 0. The number of aliphatic hydroxyl groups is 1. The third-order valence-corrected chi connectivity index (χ3v) is 16.9. The molecule has 0 aliphatic carbocycles. The van der Waals surface area contributed by atoms with E-state index in [1.54, 1.807) is 0 Å². The molecule has 1 N–H and O–H groups in total. The summed E-state index contributed by atoms with van der Waals surface area (Å²) in [7, 11) is -3.38. The third-order valence-electron chi connectivity index (χ3n) is 7.70. The molecule has 184 valence electrons. The van der Waals surface area contributed by atoms with Crippen LogP contribution in [0.3, 0.4) is 0 Å². The Morgan fingerprint density at radius 3 is 2.16 bits per heavy atom. The molecule has 3 nitrogen and oxygen atoms in total. The first-order valence-electron chi connectivity index (χ1n) is 12.8. The van der Waals surface area contributed by atoms with E-state index in [2.05, 4.69) is 91.3 Å². The minimum absolute atomic E-state index is 0.0144. The molecule has 0 radical (unpaired) electrons. The van der Waals surface area contributed by atoms with Gasteiger partial charge in [0.15, 0.2) is 8.32 Å². The Hall–Kier alpha value is -0.646. The predicted octanol–water partition coefficient (Wildman–Crippen LogP) is 7.25. The SMILES string of the molecule is CC[C@@H]1O[C@@H](C/C=C\C#C[Si](CC)(CC)CC)[C@H](O[Si](C)(C)C(C)(C)C)C/C=C\C[C@H]1O. The van der Waals surface area contributed by atoms with Crippen LogP contribution >= 0.6 is 0 Å². The van der Waals surface area contributed by atoms with Gasteiger partial charge < -0.3 is 14.3 Å². The lowest BCUT2D eigenvalue weighted by atomic mass is 10.1. The molecule has 1 heterocycles. The molecule has 0 saturated carbocycles. The van der Waals surface area contributed by atoms with E-state index in [4.69, 9.17) is 9.16 Å². The summed E-state index contributed by atoms with van der Waals surface area (Å²) in [6.07, 6.45) is 10.7. The van der Waals surface area contributed by atoms with E-state index in [0.717, 1.165) is 19.3 Å². The topological polar surface area (TPSA) is 38.7 Å². The lowest BCUT2D eigenvalue weighted by molar-refractivity contribution is -0.109. The van der Waals surface area contributed by atoms with Crippen molar-refractivity contribution in [2.45, 2.75) is 135 Å². The van der Waals surface area contributed by atoms with Crippen LogP contribution in [0.4, 0.5) is 0 Å². The van der Waals surface area contributed by atoms with Crippen molar-refractivity contribution < 1.29 is 14.3 Å². The second-order valence-corrected chi connectivity index (χ2v) is 20.5. The van der Waals surface area contributed by atoms with Gasteiger partial charge in [-0.15, -0.1) is 5.54 Å². The van der Waals surface area contributed by atoms with Crippen molar-refractivity contribution >= 4 is 16.4 Å². The van der Waals surface area contributed by atoms with Crippen molar-refractivity contribution in [2.75, 3.05) is 0 Å². The van der Waals surface area contributed by atoms with E-state index in [1.165, 1.54) is 18.1 Å². The summed E-state index contributed by atoms with van der Waals surface area (Å²) in [5.41, 5.74) is 3.63. The fraction of sp³-hybridized carbons (Fsp3) is 0.778. The Kier molecular flexibility index (Phi) is 12.2. The summed E-state index contributed by atoms with van der Waals surface area (Å²) in [6, 6.07) is 3.66. The number of allylic oxidation sites excluding steroid dienone is 1. The summed E-state index contributed by atoms with van der Waals surface area (Å²) >= 11 is 0. The van der Waals surface area contributed by atoms with E-state index in [1.807, 2.05) is 6.08 Å². The zero-order valence-corrected chi connectivity index (χ0v) is 24.3. The van der Waals surface area contributed by atoms with Crippen LogP contribution in [0.15, 0.2) is 24.3 Å². The molecule has 0 spiro atoms. The maximum atomic E-state index is 10.6. The van der Waals surface area contributed by atoms with Gasteiger partial charge in [0.05, 0.1) is 24.4 Å². The molecule has 1 rings (SSSR count). The van der Waals surface area contributed by atoms with Crippen LogP contribution in [0.1, 0.15) is 74.1 Å². The highest BCUT2D eigenvalue weighted by Crippen LogP contribution is 2.39. The van der Waals surface area contributed by atoms with E-state index in [9.17, 15) is 5.11 Å². The molecule has 1 aliphatic heterocycles. The van der Waals surface area contributed by atoms with Crippen molar-refractivity contribution in [1.29, 1.82) is 0 Å². The summed E-state index contributed by atoms with van der Waals surface area (Å²) in [5, 5.41) is 10.7. The molecular weight excluding hydrogens is 428 g/mol. The van der Waals surface area contributed by atoms with Gasteiger partial charge in [0.2, 0.25) is 0 Å². The standard InChI is InChI=1S/C27H50O3Si2/c1-10-24-23(28)19-16-17-21-26(30-31(8,9)27(5,6)7)25(29-24)20-15-14-18-22-32(11-2,12-3)13-4/h14-17,23-26,28H,10-13,19-21H2,1-9H3/b15-14-,17-16-/t23-,24+,25+,26-/m1/s1. The van der Waals surface area contributed by atoms with Gasteiger partial charge in [-0.2, -0.15) is 0 Å². The average molecular weight is 479 g/mol. The molecule has 1 aliphatic rings. The third kappa shape index (κ3) is 8.61. The van der Waals surface area contributed by atoms with Crippen molar-refractivity contribution in [3.63, 3.8) is 0 Å². The minimum atomic E-state index is -1.96. The van der Waals surface area contributed by atoms with Crippen molar-refractivity contribution in [2.24, 2.45) is 0 Å². The maximum absolute atomic E-state index is 10.6. The van der Waals surface area contributed by atoms with Gasteiger partial charge in [-0.3, -0.25) is 0 Å². The molecular formula is C27H50O3Si2. The molecule has 32 heavy (non-hydrogen) atoms. The second kappa shape index (κ2) is 13.3. The maximum Gasteiger partial charge on any atom is 0.192 e. The number of aliphatic hydroxyl groups excluding tert-OH is 1. The van der Waals surface area contributed by atoms with E-state index in [-0.39, 0.29) is 23.4 Å². The molecule has 0 amide bonds. The van der Waals surface area contributed by atoms with E-state index in [0.29, 0.717) is 6.42 Å². The number of ether oxygens (including phenoxy) is 1. The highest BCUT2D eigenvalue weighted by molar-refractivity contribution is 6.87. The van der Waals surface area contributed by atoms with Crippen molar-refractivity contribution in [1.82, 2.24) is 0 Å². The van der Waals surface area contributed by atoms with Gasteiger partial charge in [0.1, 0.15) is 8.07 Å². The van der Waals surface area contributed by atoms with Gasteiger partial charge in [-0.25, -0.2) is 0 Å². The van der Waals surface area contributed by atoms with Gasteiger partial charge in [-0.05, 0) is 68.0 Å². The summed E-state index contributed by atoms with van der Waals surface area (Å²) in [6.45, 7) is 20.4. The van der Waals surface area contributed by atoms with Gasteiger partial charge in [0, 0.05) is 0 Å². The zero-order chi connectivity index (χ0) is 24.4. The first kappa shape index (κ1) is 29.4. The zero-order valence-electron chi connectivity index (χ0n) is 22.3. The second-order valence-electron chi connectivity index (χ2n) is 10.8. The first-order valence-corrected chi connectivity index (χ1v) is 18.3. The largest absolute Gasteiger partial charge is 0.411 e. The fourth-order valence-corrected chi connectivity index (χ4v) is 7.68. The van der Waals surface area contributed by atoms with Crippen molar-refractivity contribution in [3.8, 4) is 11.5 Å². The fourth-order valence-electron chi connectivity index (χ4n) is 3.90. The highest BCUT2D eigenvalue weighted by atomic mass is 28.4. The van der Waals surface area contributed by atoms with Gasteiger partial charge in [-0.1, -0.05) is 72.6 Å². The minimum Gasteiger partial charge on any atom is -0.411 e. The molecule has 4 atom stereocenters. The van der Waals surface area contributed by atoms with Crippen LogP contribution in [0.2, 0.25) is 36.3 Å². The molecule has 0 unspecified atom stereocenters. The van der Waals surface area contributed by atoms with Crippen LogP contribution in [-0.2, 0) is 9.16 Å². The summed E-state index contributed by atoms with van der Waals surface area (Å²) < 4.78 is 13.4. The van der Waals surface area contributed by atoms with Crippen LogP contribution in [0.5, 0.6) is 0 Å². The molecule has 0 fully saturated rings.